The molecule has 0 amide bonds. The number of hydrogen-bond donors (Lipinski definition) is 0. The number of piperazine rings is 1. The van der Waals surface area contributed by atoms with Crippen molar-refractivity contribution in [2.45, 2.75) is 20.4 Å². The van der Waals surface area contributed by atoms with Gasteiger partial charge in [-0.2, -0.15) is 10.2 Å². The molecule has 0 aliphatic carbocycles. The number of nitriles is 1. The van der Waals surface area contributed by atoms with Gasteiger partial charge in [-0.1, -0.05) is 17.3 Å². The SMILES string of the molecule is Cc1nc(CN2CCN(c3cc(C)c(C#N)c4nc5ccccc5n34)CC2)no1. The number of hydrogen-bond acceptors (Lipinski definition) is 7. The first-order valence-electron chi connectivity index (χ1n) is 9.71. The molecule has 146 valence electrons. The van der Waals surface area contributed by atoms with Gasteiger partial charge in [0.1, 0.15) is 11.9 Å². The summed E-state index contributed by atoms with van der Waals surface area (Å²) in [6, 6.07) is 12.5. The molecule has 1 aliphatic heterocycles. The Hall–Kier alpha value is -3.44. The Morgan fingerprint density at radius 3 is 2.62 bits per heavy atom. The first kappa shape index (κ1) is 17.6. The van der Waals surface area contributed by atoms with Gasteiger partial charge in [-0.05, 0) is 30.7 Å². The van der Waals surface area contributed by atoms with Crippen LogP contribution in [0.25, 0.3) is 16.7 Å². The summed E-state index contributed by atoms with van der Waals surface area (Å²) in [5.74, 6) is 2.41. The van der Waals surface area contributed by atoms with Crippen LogP contribution in [0.4, 0.5) is 5.82 Å². The topological polar surface area (TPSA) is 86.5 Å². The van der Waals surface area contributed by atoms with E-state index < -0.39 is 0 Å². The molecular weight excluding hydrogens is 366 g/mol. The standard InChI is InChI=1S/C21H21N7O/c1-14-11-20(27-9-7-26(8-10-27)13-19-23-15(2)29-25-19)28-18-6-4-3-5-17(18)24-21(28)16(14)12-22/h3-6,11H,7-10,13H2,1-2H3. The first-order chi connectivity index (χ1) is 14.1. The van der Waals surface area contributed by atoms with Crippen molar-refractivity contribution < 1.29 is 4.52 Å². The van der Waals surface area contributed by atoms with Crippen LogP contribution in [0.5, 0.6) is 0 Å². The Labute approximate surface area is 168 Å². The van der Waals surface area contributed by atoms with Crippen LogP contribution in [0, 0.1) is 25.2 Å². The van der Waals surface area contributed by atoms with Crippen molar-refractivity contribution in [3.8, 4) is 6.07 Å². The van der Waals surface area contributed by atoms with E-state index in [0.717, 1.165) is 60.1 Å². The average molecular weight is 387 g/mol. The van der Waals surface area contributed by atoms with Gasteiger partial charge >= 0.3 is 0 Å². The predicted octanol–water partition coefficient (Wildman–Crippen LogP) is 2.68. The Morgan fingerprint density at radius 1 is 1.10 bits per heavy atom. The smallest absolute Gasteiger partial charge is 0.223 e. The van der Waals surface area contributed by atoms with Crippen molar-refractivity contribution in [2.75, 3.05) is 31.1 Å². The third-order valence-electron chi connectivity index (χ3n) is 5.50. The second kappa shape index (κ2) is 6.87. The fourth-order valence-corrected chi connectivity index (χ4v) is 4.04. The lowest BCUT2D eigenvalue weighted by atomic mass is 10.1. The minimum atomic E-state index is 0.598. The molecule has 1 fully saturated rings. The average Bonchev–Trinajstić information content (AvgIpc) is 3.31. The zero-order valence-electron chi connectivity index (χ0n) is 16.5. The Kier molecular flexibility index (Phi) is 4.18. The quantitative estimate of drug-likeness (QED) is 0.534. The van der Waals surface area contributed by atoms with E-state index in [2.05, 4.69) is 42.5 Å². The lowest BCUT2D eigenvalue weighted by Crippen LogP contribution is -2.46. The first-order valence-corrected chi connectivity index (χ1v) is 9.71. The van der Waals surface area contributed by atoms with E-state index in [9.17, 15) is 5.26 Å². The van der Waals surface area contributed by atoms with E-state index in [4.69, 9.17) is 9.51 Å². The summed E-state index contributed by atoms with van der Waals surface area (Å²) >= 11 is 0. The van der Waals surface area contributed by atoms with Crippen LogP contribution < -0.4 is 4.90 Å². The molecule has 0 N–H and O–H groups in total. The molecule has 4 heterocycles. The molecule has 0 radical (unpaired) electrons. The highest BCUT2D eigenvalue weighted by Crippen LogP contribution is 2.29. The number of anilines is 1. The molecular formula is C21H21N7O. The molecule has 0 spiro atoms. The number of imidazole rings is 1. The molecule has 29 heavy (non-hydrogen) atoms. The highest BCUT2D eigenvalue weighted by Gasteiger charge is 2.23. The summed E-state index contributed by atoms with van der Waals surface area (Å²) in [6.07, 6.45) is 0. The van der Waals surface area contributed by atoms with E-state index in [1.54, 1.807) is 0 Å². The van der Waals surface area contributed by atoms with Crippen molar-refractivity contribution in [1.82, 2.24) is 24.4 Å². The summed E-state index contributed by atoms with van der Waals surface area (Å²) in [6.45, 7) is 8.05. The maximum absolute atomic E-state index is 9.68. The van der Waals surface area contributed by atoms with E-state index in [1.807, 2.05) is 32.0 Å². The van der Waals surface area contributed by atoms with Crippen LogP contribution >= 0.6 is 0 Å². The summed E-state index contributed by atoms with van der Waals surface area (Å²) in [5, 5.41) is 13.7. The minimum absolute atomic E-state index is 0.598. The molecule has 1 aromatic carbocycles. The molecule has 0 bridgehead atoms. The lowest BCUT2D eigenvalue weighted by molar-refractivity contribution is 0.239. The fourth-order valence-electron chi connectivity index (χ4n) is 4.04. The van der Waals surface area contributed by atoms with E-state index >= 15 is 0 Å². The summed E-state index contributed by atoms with van der Waals surface area (Å²) in [4.78, 5) is 13.8. The van der Waals surface area contributed by atoms with E-state index in [0.29, 0.717) is 18.0 Å². The highest BCUT2D eigenvalue weighted by atomic mass is 16.5. The maximum Gasteiger partial charge on any atom is 0.223 e. The zero-order chi connectivity index (χ0) is 20.0. The Balaban J connectivity index is 1.48. The second-order valence-corrected chi connectivity index (χ2v) is 7.42. The van der Waals surface area contributed by atoms with Crippen LogP contribution in [-0.2, 0) is 6.54 Å². The number of pyridine rings is 1. The number of nitrogens with zero attached hydrogens (tertiary/aromatic N) is 7. The van der Waals surface area contributed by atoms with Gasteiger partial charge in [-0.15, -0.1) is 0 Å². The van der Waals surface area contributed by atoms with Crippen LogP contribution in [0.15, 0.2) is 34.9 Å². The molecule has 0 atom stereocenters. The summed E-state index contributed by atoms with van der Waals surface area (Å²) < 4.78 is 7.20. The third-order valence-corrected chi connectivity index (χ3v) is 5.50. The Morgan fingerprint density at radius 2 is 1.90 bits per heavy atom. The van der Waals surface area contributed by atoms with Gasteiger partial charge < -0.3 is 9.42 Å². The Bertz CT molecular complexity index is 1240. The number of fused-ring (bicyclic) bond motifs is 3. The lowest BCUT2D eigenvalue weighted by Gasteiger charge is -2.36. The van der Waals surface area contributed by atoms with Gasteiger partial charge in [0.25, 0.3) is 0 Å². The highest BCUT2D eigenvalue weighted by molar-refractivity contribution is 5.85. The molecule has 8 heteroatoms. The molecule has 1 saturated heterocycles. The second-order valence-electron chi connectivity index (χ2n) is 7.42. The summed E-state index contributed by atoms with van der Waals surface area (Å²) in [7, 11) is 0. The zero-order valence-corrected chi connectivity index (χ0v) is 16.5. The normalized spacial score (nSPS) is 15.3. The molecule has 4 aromatic rings. The van der Waals surface area contributed by atoms with E-state index in [-0.39, 0.29) is 0 Å². The van der Waals surface area contributed by atoms with Gasteiger partial charge in [-0.3, -0.25) is 9.30 Å². The minimum Gasteiger partial charge on any atom is -0.355 e. The van der Waals surface area contributed by atoms with Crippen molar-refractivity contribution >= 4 is 22.5 Å². The molecule has 0 unspecified atom stereocenters. The predicted molar refractivity (Wildman–Crippen MR) is 109 cm³/mol. The molecule has 1 aliphatic rings. The summed E-state index contributed by atoms with van der Waals surface area (Å²) in [5.41, 5.74) is 4.25. The van der Waals surface area contributed by atoms with Gasteiger partial charge in [0, 0.05) is 33.1 Å². The number of rotatable bonds is 3. The molecule has 3 aromatic heterocycles. The number of aromatic nitrogens is 4. The number of benzene rings is 1. The van der Waals surface area contributed by atoms with Crippen molar-refractivity contribution in [3.05, 3.63) is 53.2 Å². The van der Waals surface area contributed by atoms with Crippen molar-refractivity contribution in [2.24, 2.45) is 0 Å². The van der Waals surface area contributed by atoms with Crippen molar-refractivity contribution in [3.63, 3.8) is 0 Å². The van der Waals surface area contributed by atoms with Crippen LogP contribution in [0.1, 0.15) is 22.8 Å². The molecule has 8 nitrogen and oxygen atoms in total. The third kappa shape index (κ3) is 3.00. The van der Waals surface area contributed by atoms with Crippen LogP contribution in [-0.4, -0.2) is 50.6 Å². The number of aryl methyl sites for hydroxylation is 2. The van der Waals surface area contributed by atoms with Gasteiger partial charge in [-0.25, -0.2) is 4.98 Å². The van der Waals surface area contributed by atoms with Crippen molar-refractivity contribution in [1.29, 1.82) is 5.26 Å². The van der Waals surface area contributed by atoms with E-state index in [1.165, 1.54) is 0 Å². The monoisotopic (exact) mass is 387 g/mol. The molecule has 0 saturated carbocycles. The molecule has 5 rings (SSSR count). The van der Waals surface area contributed by atoms with Crippen LogP contribution in [0.3, 0.4) is 0 Å². The number of para-hydroxylation sites is 2. The maximum atomic E-state index is 9.68. The van der Waals surface area contributed by atoms with Crippen LogP contribution in [0.2, 0.25) is 0 Å². The van der Waals surface area contributed by atoms with Gasteiger partial charge in [0.2, 0.25) is 5.89 Å². The van der Waals surface area contributed by atoms with Gasteiger partial charge in [0.05, 0.1) is 23.1 Å². The van der Waals surface area contributed by atoms with Gasteiger partial charge in [0.15, 0.2) is 11.5 Å². The fraction of sp³-hybridized carbons (Fsp3) is 0.333. The largest absolute Gasteiger partial charge is 0.355 e.